The Morgan fingerprint density at radius 3 is 2.72 bits per heavy atom. The number of H-pyrrole nitrogens is 1. The second kappa shape index (κ2) is 8.45. The molecular weight excluding hydrogens is 480 g/mol. The van der Waals surface area contributed by atoms with Crippen LogP contribution < -0.4 is 4.74 Å². The third kappa shape index (κ3) is 4.46. The minimum absolute atomic E-state index is 0.340. The second-order valence-corrected chi connectivity index (χ2v) is 7.62. The molecule has 0 amide bonds. The molecule has 3 aromatic carbocycles. The first kappa shape index (κ1) is 19.2. The lowest BCUT2D eigenvalue weighted by molar-refractivity contribution is 0.305. The zero-order valence-electron chi connectivity index (χ0n) is 15.2. The third-order valence-corrected chi connectivity index (χ3v) is 5.07. The Kier molecular flexibility index (Phi) is 5.58. The maximum atomic E-state index is 13.4. The van der Waals surface area contributed by atoms with Gasteiger partial charge >= 0.3 is 0 Å². The number of rotatable bonds is 5. The van der Waals surface area contributed by atoms with Crippen molar-refractivity contribution in [1.82, 2.24) is 9.97 Å². The number of halogens is 2. The quantitative estimate of drug-likeness (QED) is 0.275. The fourth-order valence-electron chi connectivity index (χ4n) is 2.89. The van der Waals surface area contributed by atoms with E-state index in [0.29, 0.717) is 34.8 Å². The van der Waals surface area contributed by atoms with Crippen LogP contribution in [0.2, 0.25) is 0 Å². The highest BCUT2D eigenvalue weighted by atomic mass is 127. The molecule has 6 heteroatoms. The Morgan fingerprint density at radius 1 is 1.14 bits per heavy atom. The molecule has 1 aromatic heterocycles. The maximum Gasteiger partial charge on any atom is 0.149 e. The van der Waals surface area contributed by atoms with Crippen molar-refractivity contribution < 1.29 is 9.13 Å². The second-order valence-electron chi connectivity index (χ2n) is 6.37. The molecule has 0 spiro atoms. The van der Waals surface area contributed by atoms with Gasteiger partial charge < -0.3 is 9.72 Å². The van der Waals surface area contributed by atoms with Crippen molar-refractivity contribution in [2.24, 2.45) is 0 Å². The van der Waals surface area contributed by atoms with Crippen LogP contribution in [0.15, 0.2) is 66.7 Å². The van der Waals surface area contributed by atoms with Crippen LogP contribution in [0.25, 0.3) is 22.7 Å². The Morgan fingerprint density at radius 2 is 1.93 bits per heavy atom. The van der Waals surface area contributed by atoms with E-state index in [4.69, 9.17) is 4.74 Å². The van der Waals surface area contributed by atoms with Gasteiger partial charge in [0.25, 0.3) is 0 Å². The summed E-state index contributed by atoms with van der Waals surface area (Å²) in [5.41, 5.74) is 3.31. The smallest absolute Gasteiger partial charge is 0.149 e. The van der Waals surface area contributed by atoms with E-state index in [2.05, 4.69) is 38.6 Å². The highest BCUT2D eigenvalue weighted by Crippen LogP contribution is 2.26. The molecule has 0 fully saturated rings. The van der Waals surface area contributed by atoms with Gasteiger partial charge in [0.1, 0.15) is 30.1 Å². The number of nitrogens with one attached hydrogen (secondary N) is 1. The lowest BCUT2D eigenvalue weighted by Crippen LogP contribution is -1.97. The highest BCUT2D eigenvalue weighted by Gasteiger charge is 2.10. The van der Waals surface area contributed by atoms with Gasteiger partial charge in [0.2, 0.25) is 0 Å². The number of nitrogens with zero attached hydrogens (tertiary/aromatic N) is 2. The molecule has 0 aliphatic rings. The molecule has 0 unspecified atom stereocenters. The third-order valence-electron chi connectivity index (χ3n) is 4.35. The molecule has 0 radical (unpaired) electrons. The Labute approximate surface area is 180 Å². The van der Waals surface area contributed by atoms with Gasteiger partial charge in [-0.2, -0.15) is 5.26 Å². The summed E-state index contributed by atoms with van der Waals surface area (Å²) in [5.74, 6) is 0.700. The minimum Gasteiger partial charge on any atom is -0.488 e. The fourth-order valence-corrected chi connectivity index (χ4v) is 3.25. The number of nitriles is 1. The van der Waals surface area contributed by atoms with Gasteiger partial charge in [-0.1, -0.05) is 30.3 Å². The maximum absolute atomic E-state index is 13.4. The lowest BCUT2D eigenvalue weighted by atomic mass is 10.1. The summed E-state index contributed by atoms with van der Waals surface area (Å²) in [6.45, 7) is 0.424. The molecule has 4 nitrogen and oxygen atoms in total. The Hall–Kier alpha value is -3.18. The average Bonchev–Trinajstić information content (AvgIpc) is 3.15. The number of aromatic nitrogens is 2. The topological polar surface area (TPSA) is 61.7 Å². The van der Waals surface area contributed by atoms with Crippen molar-refractivity contribution in [2.45, 2.75) is 6.61 Å². The van der Waals surface area contributed by atoms with E-state index in [1.54, 1.807) is 12.1 Å². The summed E-state index contributed by atoms with van der Waals surface area (Å²) < 4.78 is 20.6. The molecule has 0 aliphatic heterocycles. The number of hydrogen-bond donors (Lipinski definition) is 1. The van der Waals surface area contributed by atoms with Gasteiger partial charge in [0, 0.05) is 9.13 Å². The molecular formula is C23H15FIN3O. The predicted molar refractivity (Wildman–Crippen MR) is 119 cm³/mol. The van der Waals surface area contributed by atoms with E-state index < -0.39 is 0 Å². The van der Waals surface area contributed by atoms with Gasteiger partial charge in [0.05, 0.1) is 16.6 Å². The molecule has 0 bridgehead atoms. The molecule has 0 aliphatic carbocycles. The molecule has 0 saturated carbocycles. The van der Waals surface area contributed by atoms with Gasteiger partial charge in [-0.3, -0.25) is 0 Å². The van der Waals surface area contributed by atoms with E-state index in [0.717, 1.165) is 11.1 Å². The van der Waals surface area contributed by atoms with Crippen LogP contribution >= 0.6 is 22.6 Å². The average molecular weight is 495 g/mol. The van der Waals surface area contributed by atoms with E-state index in [1.807, 2.05) is 48.5 Å². The number of ether oxygens (including phenoxy) is 1. The highest BCUT2D eigenvalue weighted by molar-refractivity contribution is 14.1. The lowest BCUT2D eigenvalue weighted by Gasteiger charge is -2.09. The van der Waals surface area contributed by atoms with Crippen LogP contribution in [-0.2, 0) is 6.61 Å². The number of benzene rings is 3. The first-order valence-electron chi connectivity index (χ1n) is 8.86. The monoisotopic (exact) mass is 495 g/mol. The molecule has 0 saturated heterocycles. The Bertz CT molecular complexity index is 1240. The van der Waals surface area contributed by atoms with Gasteiger partial charge in [-0.05, 0) is 70.6 Å². The number of imidazole rings is 1. The molecule has 0 atom stereocenters. The van der Waals surface area contributed by atoms with Crippen molar-refractivity contribution >= 4 is 45.3 Å². The summed E-state index contributed by atoms with van der Waals surface area (Å²) in [5, 5.41) is 9.65. The number of fused-ring (bicyclic) bond motifs is 1. The first-order chi connectivity index (χ1) is 14.1. The summed E-state index contributed by atoms with van der Waals surface area (Å²) in [7, 11) is 0. The molecule has 29 heavy (non-hydrogen) atoms. The van der Waals surface area contributed by atoms with Gasteiger partial charge in [0.15, 0.2) is 0 Å². The van der Waals surface area contributed by atoms with Gasteiger partial charge in [-0.25, -0.2) is 9.37 Å². The van der Waals surface area contributed by atoms with Crippen LogP contribution in [0.5, 0.6) is 5.75 Å². The molecule has 1 N–H and O–H groups in total. The van der Waals surface area contributed by atoms with E-state index in [1.165, 1.54) is 15.7 Å². The molecule has 4 rings (SSSR count). The van der Waals surface area contributed by atoms with Crippen LogP contribution in [0.3, 0.4) is 0 Å². The molecule has 4 aromatic rings. The Balaban J connectivity index is 1.63. The number of hydrogen-bond acceptors (Lipinski definition) is 3. The van der Waals surface area contributed by atoms with Crippen LogP contribution in [0.4, 0.5) is 4.39 Å². The van der Waals surface area contributed by atoms with Crippen molar-refractivity contribution in [2.75, 3.05) is 0 Å². The largest absolute Gasteiger partial charge is 0.488 e. The van der Waals surface area contributed by atoms with Crippen molar-refractivity contribution in [3.8, 4) is 11.8 Å². The van der Waals surface area contributed by atoms with Crippen molar-refractivity contribution in [3.63, 3.8) is 0 Å². The van der Waals surface area contributed by atoms with Crippen LogP contribution in [-0.4, -0.2) is 9.97 Å². The number of allylic oxidation sites excluding steroid dienone is 1. The van der Waals surface area contributed by atoms with E-state index in [-0.39, 0.29) is 5.82 Å². The SMILES string of the molecule is N#C/C(=C/c1ccccc1OCc1ccc(I)cc1)c1nc2ccc(F)cc2[nH]1. The zero-order chi connectivity index (χ0) is 20.2. The summed E-state index contributed by atoms with van der Waals surface area (Å²) in [6.07, 6.45) is 1.72. The summed E-state index contributed by atoms with van der Waals surface area (Å²) in [6, 6.07) is 22.1. The summed E-state index contributed by atoms with van der Waals surface area (Å²) in [4.78, 5) is 7.40. The predicted octanol–water partition coefficient (Wildman–Crippen LogP) is 5.95. The van der Waals surface area contributed by atoms with Crippen molar-refractivity contribution in [3.05, 3.63) is 93.1 Å². The van der Waals surface area contributed by atoms with E-state index in [9.17, 15) is 9.65 Å². The van der Waals surface area contributed by atoms with Crippen LogP contribution in [0.1, 0.15) is 17.0 Å². The summed E-state index contributed by atoms with van der Waals surface area (Å²) >= 11 is 2.26. The first-order valence-corrected chi connectivity index (χ1v) is 9.94. The minimum atomic E-state index is -0.357. The van der Waals surface area contributed by atoms with Gasteiger partial charge in [-0.15, -0.1) is 0 Å². The molecule has 142 valence electrons. The number of para-hydroxylation sites is 1. The molecule has 1 heterocycles. The van der Waals surface area contributed by atoms with E-state index >= 15 is 0 Å². The fraction of sp³-hybridized carbons (Fsp3) is 0.0435. The standard InChI is InChI=1S/C23H15FIN3O/c24-18-7-10-20-21(12-18)28-23(27-20)17(13-26)11-16-3-1-2-4-22(16)29-14-15-5-8-19(25)9-6-15/h1-12H,14H2,(H,27,28)/b17-11-. The number of aromatic amines is 1. The van der Waals surface area contributed by atoms with Crippen LogP contribution in [0, 0.1) is 20.7 Å². The normalized spacial score (nSPS) is 11.4. The van der Waals surface area contributed by atoms with Crippen molar-refractivity contribution in [1.29, 1.82) is 5.26 Å². The zero-order valence-corrected chi connectivity index (χ0v) is 17.4.